The first-order valence-corrected chi connectivity index (χ1v) is 19.3. The van der Waals surface area contributed by atoms with E-state index in [0.29, 0.717) is 0 Å². The van der Waals surface area contributed by atoms with Crippen LogP contribution in [0, 0.1) is 12.1 Å². The van der Waals surface area contributed by atoms with Crippen molar-refractivity contribution in [1.29, 1.82) is 0 Å². The molecule has 1 radical (unpaired) electrons. The van der Waals surface area contributed by atoms with Crippen molar-refractivity contribution in [2.45, 2.75) is 19.6 Å². The Labute approximate surface area is 296 Å². The van der Waals surface area contributed by atoms with Crippen molar-refractivity contribution < 1.29 is 24.5 Å². The maximum Gasteiger partial charge on any atom is 0.120 e. The van der Waals surface area contributed by atoms with E-state index in [-0.39, 0.29) is 20.1 Å². The molecule has 3 nitrogen and oxygen atoms in total. The molecule has 8 aromatic rings. The Hall–Kier alpha value is -4.93. The first kappa shape index (κ1) is 33.0. The average Bonchev–Trinajstić information content (AvgIpc) is 3.51. The van der Waals surface area contributed by atoms with Crippen molar-refractivity contribution >= 4 is 35.2 Å². The van der Waals surface area contributed by atoms with Crippen LogP contribution in [0.5, 0.6) is 0 Å². The number of pyridine rings is 2. The summed E-state index contributed by atoms with van der Waals surface area (Å²) in [4.78, 5) is 9.15. The molecule has 0 atom stereocenters. The van der Waals surface area contributed by atoms with E-state index in [2.05, 4.69) is 121 Å². The number of fused-ring (bicyclic) bond motifs is 3. The third-order valence-electron chi connectivity index (χ3n) is 8.28. The van der Waals surface area contributed by atoms with Crippen LogP contribution in [-0.4, -0.2) is 18.0 Å². The minimum absolute atomic E-state index is 0. The van der Waals surface area contributed by atoms with Crippen molar-refractivity contribution in [3.8, 4) is 44.8 Å². The fourth-order valence-electron chi connectivity index (χ4n) is 5.67. The standard InChI is InChI=1S/C29H18NO.C14H16NSi.Ir/c1-3-8-20(9-4-1)22-14-15-28-26(18-22)24-12-7-13-25(29(24)31-28)27-19-23(16-17-30-27)21-10-5-2-6-11-21;1-16(2,3)13-9-10-14(15-11-13)12-7-5-4-6-8-12;/h1-12,14-19H;4-7,9-11H,1-3H3;/q2*-1;. The van der Waals surface area contributed by atoms with E-state index in [1.807, 2.05) is 73.1 Å². The van der Waals surface area contributed by atoms with E-state index < -0.39 is 8.07 Å². The van der Waals surface area contributed by atoms with Crippen LogP contribution in [0.2, 0.25) is 19.6 Å². The summed E-state index contributed by atoms with van der Waals surface area (Å²) < 4.78 is 6.30. The zero-order valence-electron chi connectivity index (χ0n) is 27.1. The topological polar surface area (TPSA) is 38.9 Å². The second-order valence-corrected chi connectivity index (χ2v) is 17.6. The molecule has 0 N–H and O–H groups in total. The van der Waals surface area contributed by atoms with E-state index in [9.17, 15) is 0 Å². The average molecular weight is 815 g/mol. The second-order valence-electron chi connectivity index (χ2n) is 12.5. The largest absolute Gasteiger partial charge is 0.501 e. The number of nitrogens with zero attached hydrogens (tertiary/aromatic N) is 2. The van der Waals surface area contributed by atoms with Gasteiger partial charge in [0.2, 0.25) is 0 Å². The Kier molecular flexibility index (Phi) is 9.93. The summed E-state index contributed by atoms with van der Waals surface area (Å²) in [6, 6.07) is 54.1. The van der Waals surface area contributed by atoms with Gasteiger partial charge in [0.1, 0.15) is 5.58 Å². The molecule has 3 heterocycles. The molecule has 0 fully saturated rings. The molecule has 0 saturated carbocycles. The molecule has 0 unspecified atom stereocenters. The van der Waals surface area contributed by atoms with Gasteiger partial charge in [-0.1, -0.05) is 116 Å². The fourth-order valence-corrected chi connectivity index (χ4v) is 6.70. The number of aromatic nitrogens is 2. The predicted octanol–water partition coefficient (Wildman–Crippen LogP) is 10.9. The van der Waals surface area contributed by atoms with Crippen molar-refractivity contribution in [2.24, 2.45) is 0 Å². The number of hydrogen-bond acceptors (Lipinski definition) is 3. The molecule has 0 amide bonds. The van der Waals surface area contributed by atoms with Gasteiger partial charge in [0, 0.05) is 37.9 Å². The summed E-state index contributed by atoms with van der Waals surface area (Å²) in [6.07, 6.45) is 3.86. The first-order valence-electron chi connectivity index (χ1n) is 15.8. The van der Waals surface area contributed by atoms with E-state index in [1.165, 1.54) is 16.3 Å². The molecule has 8 rings (SSSR count). The molecule has 5 heteroatoms. The summed E-state index contributed by atoms with van der Waals surface area (Å²) in [5, 5.41) is 3.58. The number of furan rings is 1. The minimum atomic E-state index is -1.23. The smallest absolute Gasteiger partial charge is 0.120 e. The van der Waals surface area contributed by atoms with E-state index in [0.717, 1.165) is 55.6 Å². The maximum atomic E-state index is 6.30. The zero-order valence-corrected chi connectivity index (χ0v) is 30.5. The Morgan fingerprint density at radius 3 is 1.92 bits per heavy atom. The third-order valence-corrected chi connectivity index (χ3v) is 10.3. The molecular formula is C43H34IrN2OSi-2. The Balaban J connectivity index is 0.000000201. The van der Waals surface area contributed by atoms with Gasteiger partial charge in [0.05, 0.1) is 13.7 Å². The Morgan fingerprint density at radius 1 is 0.562 bits per heavy atom. The van der Waals surface area contributed by atoms with E-state index in [4.69, 9.17) is 4.42 Å². The van der Waals surface area contributed by atoms with E-state index in [1.54, 1.807) is 0 Å². The molecule has 0 spiro atoms. The van der Waals surface area contributed by atoms with Crippen LogP contribution < -0.4 is 5.19 Å². The zero-order chi connectivity index (χ0) is 32.2. The monoisotopic (exact) mass is 815 g/mol. The van der Waals surface area contributed by atoms with Crippen LogP contribution in [0.15, 0.2) is 156 Å². The van der Waals surface area contributed by atoms with Gasteiger partial charge >= 0.3 is 0 Å². The van der Waals surface area contributed by atoms with Gasteiger partial charge in [0.25, 0.3) is 0 Å². The predicted molar refractivity (Wildman–Crippen MR) is 198 cm³/mol. The van der Waals surface area contributed by atoms with Crippen LogP contribution in [0.4, 0.5) is 0 Å². The molecule has 3 aromatic heterocycles. The van der Waals surface area contributed by atoms with Gasteiger partial charge in [-0.05, 0) is 57.0 Å². The number of benzene rings is 5. The van der Waals surface area contributed by atoms with Crippen LogP contribution >= 0.6 is 0 Å². The van der Waals surface area contributed by atoms with Crippen molar-refractivity contribution in [3.63, 3.8) is 0 Å². The normalized spacial score (nSPS) is 11.1. The molecule has 0 aliphatic heterocycles. The second kappa shape index (κ2) is 14.5. The SMILES string of the molecule is C[Si](C)(C)c1ccc(-c2[c-]cccc2)nc1.[Ir].[c-]1ccc2c(oc3ccc(-c4ccccc4)cc32)c1-c1cc(-c2ccccc2)ccn1. The quantitative estimate of drug-likeness (QED) is 0.128. The fraction of sp³-hybridized carbons (Fsp3) is 0.0698. The van der Waals surface area contributed by atoms with Gasteiger partial charge in [-0.3, -0.25) is 0 Å². The Bertz CT molecular complexity index is 2260. The van der Waals surface area contributed by atoms with Crippen molar-refractivity contribution in [1.82, 2.24) is 9.97 Å². The van der Waals surface area contributed by atoms with E-state index >= 15 is 0 Å². The van der Waals surface area contributed by atoms with Crippen LogP contribution in [0.1, 0.15) is 0 Å². The van der Waals surface area contributed by atoms with Crippen molar-refractivity contribution in [2.75, 3.05) is 0 Å². The molecule has 237 valence electrons. The third kappa shape index (κ3) is 7.14. The van der Waals surface area contributed by atoms with Crippen LogP contribution in [-0.2, 0) is 20.1 Å². The molecule has 48 heavy (non-hydrogen) atoms. The summed E-state index contributed by atoms with van der Waals surface area (Å²) >= 11 is 0. The molecule has 0 saturated heterocycles. The summed E-state index contributed by atoms with van der Waals surface area (Å²) in [6.45, 7) is 7.00. The molecule has 0 aliphatic carbocycles. The molecule has 0 bridgehead atoms. The molecule has 5 aromatic carbocycles. The maximum absolute atomic E-state index is 6.30. The van der Waals surface area contributed by atoms with Crippen LogP contribution in [0.25, 0.3) is 66.7 Å². The molecule has 0 aliphatic rings. The van der Waals surface area contributed by atoms with Gasteiger partial charge in [-0.25, -0.2) is 0 Å². The van der Waals surface area contributed by atoms with Crippen molar-refractivity contribution in [3.05, 3.63) is 164 Å². The first-order chi connectivity index (χ1) is 22.9. The van der Waals surface area contributed by atoms with Gasteiger partial charge in [-0.15, -0.1) is 54.1 Å². The minimum Gasteiger partial charge on any atom is -0.501 e. The Morgan fingerprint density at radius 2 is 1.27 bits per heavy atom. The summed E-state index contributed by atoms with van der Waals surface area (Å²) in [5.41, 5.74) is 10.1. The van der Waals surface area contributed by atoms with Gasteiger partial charge in [-0.2, -0.15) is 0 Å². The van der Waals surface area contributed by atoms with Gasteiger partial charge < -0.3 is 14.4 Å². The molecular weight excluding hydrogens is 781 g/mol. The van der Waals surface area contributed by atoms with Gasteiger partial charge in [0.15, 0.2) is 0 Å². The summed E-state index contributed by atoms with van der Waals surface area (Å²) in [7, 11) is -1.23. The number of hydrogen-bond donors (Lipinski definition) is 0. The van der Waals surface area contributed by atoms with Crippen LogP contribution in [0.3, 0.4) is 0 Å². The summed E-state index contributed by atoms with van der Waals surface area (Å²) in [5.74, 6) is 0. The number of rotatable bonds is 5.